The predicted octanol–water partition coefficient (Wildman–Crippen LogP) is -0.586. The van der Waals surface area contributed by atoms with E-state index in [1.54, 1.807) is 0 Å². The van der Waals surface area contributed by atoms with E-state index in [4.69, 9.17) is 0 Å². The number of nitrogens with zero attached hydrogens (tertiary/aromatic N) is 1. The summed E-state index contributed by atoms with van der Waals surface area (Å²) in [7, 11) is -7.54. The van der Waals surface area contributed by atoms with Crippen LogP contribution in [-0.2, 0) is 29.6 Å². The maximum Gasteiger partial charge on any atom is 0.244 e. The number of carbonyl (C=O) groups excluding carboxylic acids is 2. The molecule has 0 aliphatic carbocycles. The van der Waals surface area contributed by atoms with Gasteiger partial charge in [-0.15, -0.1) is 0 Å². The van der Waals surface area contributed by atoms with Crippen molar-refractivity contribution in [3.63, 3.8) is 0 Å². The minimum absolute atomic E-state index is 0.0141. The second-order valence-corrected chi connectivity index (χ2v) is 9.29. The molecule has 1 fully saturated rings. The lowest BCUT2D eigenvalue weighted by molar-refractivity contribution is -0.120. The lowest BCUT2D eigenvalue weighted by Crippen LogP contribution is -2.33. The molecule has 2 amide bonds. The van der Waals surface area contributed by atoms with Gasteiger partial charge >= 0.3 is 0 Å². The maximum absolute atomic E-state index is 12.1. The second-order valence-electron chi connectivity index (χ2n) is 5.66. The molecule has 1 saturated heterocycles. The van der Waals surface area contributed by atoms with Crippen molar-refractivity contribution in [3.8, 4) is 0 Å². The molecule has 2 N–H and O–H groups in total. The smallest absolute Gasteiger partial charge is 0.244 e. The molecule has 0 saturated carbocycles. The zero-order valence-electron chi connectivity index (χ0n) is 13.7. The number of sulfonamides is 2. The average molecular weight is 389 g/mol. The summed E-state index contributed by atoms with van der Waals surface area (Å²) in [5, 5.41) is 2.46. The van der Waals surface area contributed by atoms with Crippen LogP contribution in [0.15, 0.2) is 29.2 Å². The van der Waals surface area contributed by atoms with Gasteiger partial charge in [0.2, 0.25) is 31.9 Å². The van der Waals surface area contributed by atoms with Gasteiger partial charge in [-0.05, 0) is 24.3 Å². The number of rotatable bonds is 6. The topological polar surface area (TPSA) is 130 Å². The maximum atomic E-state index is 12.1. The van der Waals surface area contributed by atoms with Crippen LogP contribution in [0.25, 0.3) is 0 Å². The summed E-state index contributed by atoms with van der Waals surface area (Å²) in [6, 6.07) is 5.00. The third-order valence-electron chi connectivity index (χ3n) is 3.53. The van der Waals surface area contributed by atoms with E-state index in [1.807, 2.05) is 0 Å². The van der Waals surface area contributed by atoms with Gasteiger partial charge in [-0.1, -0.05) is 6.92 Å². The first-order valence-electron chi connectivity index (χ1n) is 7.45. The van der Waals surface area contributed by atoms with E-state index >= 15 is 0 Å². The van der Waals surface area contributed by atoms with Crippen LogP contribution in [0.2, 0.25) is 0 Å². The molecule has 1 aliphatic heterocycles. The van der Waals surface area contributed by atoms with Crippen LogP contribution in [0, 0.1) is 5.92 Å². The second kappa shape index (κ2) is 7.10. The average Bonchev–Trinajstić information content (AvgIpc) is 2.71. The molecule has 11 heteroatoms. The normalized spacial score (nSPS) is 19.8. The number of amides is 2. The number of benzene rings is 1. The van der Waals surface area contributed by atoms with Crippen LogP contribution in [0.1, 0.15) is 13.8 Å². The predicted molar refractivity (Wildman–Crippen MR) is 90.8 cm³/mol. The summed E-state index contributed by atoms with van der Waals surface area (Å²) in [6.45, 7) is 3.00. The molecular weight excluding hydrogens is 370 g/mol. The molecular formula is C14H19N3O6S2. The van der Waals surface area contributed by atoms with Crippen LogP contribution < -0.4 is 14.3 Å². The van der Waals surface area contributed by atoms with E-state index in [0.717, 1.165) is 0 Å². The summed E-state index contributed by atoms with van der Waals surface area (Å²) in [6.07, 6.45) is 0. The zero-order chi connectivity index (χ0) is 18.8. The molecule has 1 aromatic rings. The van der Waals surface area contributed by atoms with Crippen molar-refractivity contribution in [2.24, 2.45) is 5.92 Å². The highest BCUT2D eigenvalue weighted by molar-refractivity contribution is 7.94. The number of anilines is 1. The summed E-state index contributed by atoms with van der Waals surface area (Å²) in [5.41, 5.74) is 0.103. The summed E-state index contributed by atoms with van der Waals surface area (Å²) >= 11 is 0. The SMILES string of the molecule is CC(=O)NCCNS(=O)(=O)c1ccc(N2C(=O)C(C)CS2(=O)=O)cc1. The van der Waals surface area contributed by atoms with Crippen LogP contribution in [0.4, 0.5) is 5.69 Å². The Bertz CT molecular complexity index is 878. The fourth-order valence-corrected chi connectivity index (χ4v) is 5.21. The number of hydrogen-bond acceptors (Lipinski definition) is 6. The molecule has 1 heterocycles. The van der Waals surface area contributed by atoms with Crippen LogP contribution in [0.5, 0.6) is 0 Å². The van der Waals surface area contributed by atoms with E-state index in [9.17, 15) is 26.4 Å². The molecule has 2 rings (SSSR count). The molecule has 1 aromatic carbocycles. The molecule has 138 valence electrons. The first-order valence-corrected chi connectivity index (χ1v) is 10.5. The third kappa shape index (κ3) is 4.35. The molecule has 0 bridgehead atoms. The van der Waals surface area contributed by atoms with Gasteiger partial charge in [0, 0.05) is 20.0 Å². The Morgan fingerprint density at radius 2 is 1.84 bits per heavy atom. The molecule has 9 nitrogen and oxygen atoms in total. The van der Waals surface area contributed by atoms with Crippen molar-refractivity contribution in [3.05, 3.63) is 24.3 Å². The highest BCUT2D eigenvalue weighted by atomic mass is 32.2. The Labute approximate surface area is 146 Å². The van der Waals surface area contributed by atoms with Gasteiger partial charge < -0.3 is 5.32 Å². The largest absolute Gasteiger partial charge is 0.355 e. The van der Waals surface area contributed by atoms with Crippen LogP contribution >= 0.6 is 0 Å². The quantitative estimate of drug-likeness (QED) is 0.626. The number of nitrogens with one attached hydrogen (secondary N) is 2. The Morgan fingerprint density at radius 3 is 2.32 bits per heavy atom. The van der Waals surface area contributed by atoms with Crippen molar-refractivity contribution < 1.29 is 26.4 Å². The molecule has 0 aromatic heterocycles. The number of hydrogen-bond donors (Lipinski definition) is 2. The highest BCUT2D eigenvalue weighted by Gasteiger charge is 2.41. The van der Waals surface area contributed by atoms with Crippen molar-refractivity contribution in [2.75, 3.05) is 23.1 Å². The van der Waals surface area contributed by atoms with Crippen molar-refractivity contribution in [1.29, 1.82) is 0 Å². The monoisotopic (exact) mass is 389 g/mol. The first kappa shape index (κ1) is 19.3. The van der Waals surface area contributed by atoms with Gasteiger partial charge in [0.25, 0.3) is 0 Å². The summed E-state index contributed by atoms with van der Waals surface area (Å²) < 4.78 is 51.3. The minimum Gasteiger partial charge on any atom is -0.355 e. The van der Waals surface area contributed by atoms with Gasteiger partial charge in [-0.3, -0.25) is 9.59 Å². The molecule has 1 atom stereocenters. The Morgan fingerprint density at radius 1 is 1.24 bits per heavy atom. The molecule has 1 aliphatic rings. The van der Waals surface area contributed by atoms with E-state index in [2.05, 4.69) is 10.0 Å². The van der Waals surface area contributed by atoms with E-state index < -0.39 is 31.9 Å². The Hall–Kier alpha value is -1.98. The van der Waals surface area contributed by atoms with Gasteiger partial charge in [0.05, 0.1) is 22.3 Å². The van der Waals surface area contributed by atoms with E-state index in [1.165, 1.54) is 38.1 Å². The highest BCUT2D eigenvalue weighted by Crippen LogP contribution is 2.28. The van der Waals surface area contributed by atoms with E-state index in [0.29, 0.717) is 4.31 Å². The molecule has 25 heavy (non-hydrogen) atoms. The Kier molecular flexibility index (Phi) is 5.49. The summed E-state index contributed by atoms with van der Waals surface area (Å²) in [5.74, 6) is -1.71. The Balaban J connectivity index is 2.14. The van der Waals surface area contributed by atoms with Gasteiger partial charge in [0.1, 0.15) is 0 Å². The molecule has 1 unspecified atom stereocenters. The third-order valence-corrected chi connectivity index (χ3v) is 6.88. The van der Waals surface area contributed by atoms with E-state index in [-0.39, 0.29) is 35.3 Å². The van der Waals surface area contributed by atoms with Gasteiger partial charge in [-0.25, -0.2) is 25.9 Å². The molecule has 0 radical (unpaired) electrons. The fraction of sp³-hybridized carbons (Fsp3) is 0.429. The lowest BCUT2D eigenvalue weighted by Gasteiger charge is -2.15. The molecule has 0 spiro atoms. The number of carbonyl (C=O) groups is 2. The minimum atomic E-state index is -3.81. The standard InChI is InChI=1S/C14H19N3O6S2/c1-10-9-24(20,21)17(14(10)19)12-3-5-13(6-4-12)25(22,23)16-8-7-15-11(2)18/h3-6,10,16H,7-9H2,1-2H3,(H,15,18). The first-order chi connectivity index (χ1) is 11.5. The van der Waals surface area contributed by atoms with Gasteiger partial charge in [-0.2, -0.15) is 0 Å². The fourth-order valence-electron chi connectivity index (χ4n) is 2.35. The van der Waals surface area contributed by atoms with Crippen molar-refractivity contribution in [1.82, 2.24) is 10.0 Å². The van der Waals surface area contributed by atoms with Crippen LogP contribution in [-0.4, -0.2) is 47.5 Å². The van der Waals surface area contributed by atoms with Crippen molar-refractivity contribution >= 4 is 37.5 Å². The zero-order valence-corrected chi connectivity index (χ0v) is 15.4. The van der Waals surface area contributed by atoms with Crippen LogP contribution in [0.3, 0.4) is 0 Å². The lowest BCUT2D eigenvalue weighted by atomic mass is 10.2. The summed E-state index contributed by atoms with van der Waals surface area (Å²) in [4.78, 5) is 22.7. The van der Waals surface area contributed by atoms with Crippen molar-refractivity contribution in [2.45, 2.75) is 18.7 Å². The van der Waals surface area contributed by atoms with Gasteiger partial charge in [0.15, 0.2) is 0 Å².